The number of amides is 1. The second-order valence-corrected chi connectivity index (χ2v) is 6.33. The molecule has 1 amide bonds. The fraction of sp³-hybridized carbons (Fsp3) is 0.688. The molecule has 1 fully saturated rings. The van der Waals surface area contributed by atoms with Gasteiger partial charge in [-0.2, -0.15) is 0 Å². The van der Waals surface area contributed by atoms with Crippen LogP contribution in [0.5, 0.6) is 0 Å². The largest absolute Gasteiger partial charge is 0.455 e. The van der Waals surface area contributed by atoms with E-state index in [4.69, 9.17) is 4.42 Å². The van der Waals surface area contributed by atoms with Crippen molar-refractivity contribution in [2.24, 2.45) is 5.41 Å². The van der Waals surface area contributed by atoms with Crippen LogP contribution < -0.4 is 5.32 Å². The molecule has 0 spiro atoms. The summed E-state index contributed by atoms with van der Waals surface area (Å²) < 4.78 is 5.63. The molecule has 2 rings (SSSR count). The molecule has 0 saturated heterocycles. The molecule has 2 atom stereocenters. The van der Waals surface area contributed by atoms with E-state index in [0.29, 0.717) is 18.7 Å². The number of hydrogen-bond donors (Lipinski definition) is 2. The van der Waals surface area contributed by atoms with Crippen molar-refractivity contribution in [2.75, 3.05) is 13.1 Å². The zero-order valence-electron chi connectivity index (χ0n) is 13.3. The smallest absolute Gasteiger partial charge is 0.287 e. The van der Waals surface area contributed by atoms with E-state index in [-0.39, 0.29) is 23.5 Å². The molecule has 1 heterocycles. The van der Waals surface area contributed by atoms with Gasteiger partial charge < -0.3 is 14.8 Å². The van der Waals surface area contributed by atoms with Crippen LogP contribution in [0.2, 0.25) is 0 Å². The standard InChI is InChI=1S/C16H26N2O3/c1-5-18(6-2)10-11-7-8-12(21-11)15(20)17-13-9-14(19)16(13,3)4/h7-8,13-14,19H,5-6,9-10H2,1-4H3,(H,17,20). The molecule has 5 heteroatoms. The van der Waals surface area contributed by atoms with E-state index in [1.54, 1.807) is 6.07 Å². The molecule has 0 radical (unpaired) electrons. The normalized spacial score (nSPS) is 23.9. The van der Waals surface area contributed by atoms with Crippen LogP contribution in [0.3, 0.4) is 0 Å². The third-order valence-electron chi connectivity index (χ3n) is 4.68. The number of aliphatic hydroxyl groups is 1. The molecule has 2 unspecified atom stereocenters. The summed E-state index contributed by atoms with van der Waals surface area (Å²) in [5.74, 6) is 0.942. The predicted octanol–water partition coefficient (Wildman–Crippen LogP) is 2.01. The summed E-state index contributed by atoms with van der Waals surface area (Å²) in [6.45, 7) is 10.7. The Labute approximate surface area is 126 Å². The van der Waals surface area contributed by atoms with Gasteiger partial charge in [-0.1, -0.05) is 27.7 Å². The first-order chi connectivity index (χ1) is 9.88. The van der Waals surface area contributed by atoms with Crippen molar-refractivity contribution in [3.63, 3.8) is 0 Å². The zero-order chi connectivity index (χ0) is 15.6. The number of carbonyl (C=O) groups is 1. The van der Waals surface area contributed by atoms with Crippen LogP contribution in [-0.4, -0.2) is 41.1 Å². The highest BCUT2D eigenvalue weighted by Crippen LogP contribution is 2.40. The first-order valence-corrected chi connectivity index (χ1v) is 7.68. The molecule has 0 bridgehead atoms. The lowest BCUT2D eigenvalue weighted by Crippen LogP contribution is -2.61. The number of nitrogens with zero attached hydrogens (tertiary/aromatic N) is 1. The Morgan fingerprint density at radius 2 is 2.10 bits per heavy atom. The van der Waals surface area contributed by atoms with Gasteiger partial charge in [-0.3, -0.25) is 9.69 Å². The van der Waals surface area contributed by atoms with Crippen molar-refractivity contribution in [2.45, 2.75) is 52.8 Å². The zero-order valence-corrected chi connectivity index (χ0v) is 13.3. The third kappa shape index (κ3) is 3.30. The Morgan fingerprint density at radius 1 is 1.43 bits per heavy atom. The minimum Gasteiger partial charge on any atom is -0.455 e. The Hall–Kier alpha value is -1.33. The molecule has 118 valence electrons. The van der Waals surface area contributed by atoms with Crippen LogP contribution in [-0.2, 0) is 6.54 Å². The van der Waals surface area contributed by atoms with Gasteiger partial charge in [0.1, 0.15) is 5.76 Å². The van der Waals surface area contributed by atoms with Gasteiger partial charge in [-0.25, -0.2) is 0 Å². The number of carbonyl (C=O) groups excluding carboxylic acids is 1. The quantitative estimate of drug-likeness (QED) is 0.842. The minimum atomic E-state index is -0.349. The fourth-order valence-electron chi connectivity index (χ4n) is 2.63. The average Bonchev–Trinajstić information content (AvgIpc) is 2.93. The van der Waals surface area contributed by atoms with E-state index in [0.717, 1.165) is 18.8 Å². The summed E-state index contributed by atoms with van der Waals surface area (Å²) in [5, 5.41) is 12.6. The van der Waals surface area contributed by atoms with Crippen molar-refractivity contribution >= 4 is 5.91 Å². The van der Waals surface area contributed by atoms with Gasteiger partial charge in [0.15, 0.2) is 5.76 Å². The second-order valence-electron chi connectivity index (χ2n) is 6.33. The molecule has 0 aromatic carbocycles. The summed E-state index contributed by atoms with van der Waals surface area (Å²) >= 11 is 0. The van der Waals surface area contributed by atoms with Crippen LogP contribution in [0, 0.1) is 5.41 Å². The number of hydrogen-bond acceptors (Lipinski definition) is 4. The Kier molecular flexibility index (Phi) is 4.74. The van der Waals surface area contributed by atoms with Gasteiger partial charge >= 0.3 is 0 Å². The van der Waals surface area contributed by atoms with Crippen molar-refractivity contribution < 1.29 is 14.3 Å². The summed E-state index contributed by atoms with van der Waals surface area (Å²) in [5.41, 5.74) is -0.272. The van der Waals surface area contributed by atoms with E-state index in [1.807, 2.05) is 19.9 Å². The Balaban J connectivity index is 1.93. The highest BCUT2D eigenvalue weighted by Gasteiger charge is 2.48. The molecule has 5 nitrogen and oxygen atoms in total. The van der Waals surface area contributed by atoms with Crippen LogP contribution in [0.4, 0.5) is 0 Å². The lowest BCUT2D eigenvalue weighted by molar-refractivity contribution is -0.0691. The minimum absolute atomic E-state index is 0.00340. The summed E-state index contributed by atoms with van der Waals surface area (Å²) in [6.07, 6.45) is 0.254. The van der Waals surface area contributed by atoms with Crippen LogP contribution in [0.25, 0.3) is 0 Å². The molecule has 1 aliphatic carbocycles. The van der Waals surface area contributed by atoms with Crippen LogP contribution >= 0.6 is 0 Å². The number of aliphatic hydroxyl groups excluding tert-OH is 1. The van der Waals surface area contributed by atoms with Gasteiger partial charge in [0.05, 0.1) is 12.6 Å². The number of furan rings is 1. The molecular formula is C16H26N2O3. The lowest BCUT2D eigenvalue weighted by atomic mass is 9.64. The van der Waals surface area contributed by atoms with Crippen LogP contribution in [0.15, 0.2) is 16.5 Å². The first-order valence-electron chi connectivity index (χ1n) is 7.68. The highest BCUT2D eigenvalue weighted by atomic mass is 16.4. The molecule has 0 aliphatic heterocycles. The van der Waals surface area contributed by atoms with E-state index >= 15 is 0 Å². The summed E-state index contributed by atoms with van der Waals surface area (Å²) in [6, 6.07) is 3.57. The van der Waals surface area contributed by atoms with E-state index in [2.05, 4.69) is 24.1 Å². The third-order valence-corrected chi connectivity index (χ3v) is 4.68. The maximum Gasteiger partial charge on any atom is 0.287 e. The van der Waals surface area contributed by atoms with Gasteiger partial charge in [-0.15, -0.1) is 0 Å². The summed E-state index contributed by atoms with van der Waals surface area (Å²) in [7, 11) is 0. The lowest BCUT2D eigenvalue weighted by Gasteiger charge is -2.49. The molecule has 1 aliphatic rings. The first kappa shape index (κ1) is 16.0. The second kappa shape index (κ2) is 6.20. The summed E-state index contributed by atoms with van der Waals surface area (Å²) in [4.78, 5) is 14.4. The predicted molar refractivity (Wildman–Crippen MR) is 81.0 cm³/mol. The topological polar surface area (TPSA) is 65.7 Å². The monoisotopic (exact) mass is 294 g/mol. The van der Waals surface area contributed by atoms with Gasteiger partial charge in [-0.05, 0) is 31.6 Å². The Bertz CT molecular complexity index is 491. The van der Waals surface area contributed by atoms with E-state index in [9.17, 15) is 9.90 Å². The van der Waals surface area contributed by atoms with Gasteiger partial charge in [0, 0.05) is 11.5 Å². The molecule has 1 saturated carbocycles. The van der Waals surface area contributed by atoms with Crippen LogP contribution in [0.1, 0.15) is 50.4 Å². The number of nitrogens with one attached hydrogen (secondary N) is 1. The van der Waals surface area contributed by atoms with Crippen molar-refractivity contribution in [1.29, 1.82) is 0 Å². The molecule has 1 aromatic rings. The number of rotatable bonds is 6. The van der Waals surface area contributed by atoms with Crippen molar-refractivity contribution in [3.8, 4) is 0 Å². The van der Waals surface area contributed by atoms with Crippen molar-refractivity contribution in [1.82, 2.24) is 10.2 Å². The van der Waals surface area contributed by atoms with E-state index < -0.39 is 0 Å². The average molecular weight is 294 g/mol. The molecular weight excluding hydrogens is 268 g/mol. The van der Waals surface area contributed by atoms with E-state index in [1.165, 1.54) is 0 Å². The maximum atomic E-state index is 12.2. The van der Waals surface area contributed by atoms with Gasteiger partial charge in [0.25, 0.3) is 5.91 Å². The Morgan fingerprint density at radius 3 is 2.62 bits per heavy atom. The fourth-order valence-corrected chi connectivity index (χ4v) is 2.63. The highest BCUT2D eigenvalue weighted by molar-refractivity contribution is 5.91. The molecule has 21 heavy (non-hydrogen) atoms. The van der Waals surface area contributed by atoms with Gasteiger partial charge in [0.2, 0.25) is 0 Å². The maximum absolute atomic E-state index is 12.2. The molecule has 2 N–H and O–H groups in total. The SMILES string of the molecule is CCN(CC)Cc1ccc(C(=O)NC2CC(O)C2(C)C)o1. The van der Waals surface area contributed by atoms with Crippen molar-refractivity contribution in [3.05, 3.63) is 23.7 Å². The molecule has 1 aromatic heterocycles.